The van der Waals surface area contributed by atoms with Crippen LogP contribution in [-0.4, -0.2) is 21.7 Å². The van der Waals surface area contributed by atoms with Gasteiger partial charge in [0.1, 0.15) is 0 Å². The summed E-state index contributed by atoms with van der Waals surface area (Å²) in [5.41, 5.74) is 2.53. The van der Waals surface area contributed by atoms with E-state index in [0.29, 0.717) is 11.8 Å². The second kappa shape index (κ2) is 7.54. The van der Waals surface area contributed by atoms with E-state index in [4.69, 9.17) is 0 Å². The molecule has 1 aromatic carbocycles. The maximum atomic E-state index is 4.44. The fraction of sp³-hybridized carbons (Fsp3) is 0.353. The molecule has 1 aliphatic carbocycles. The van der Waals surface area contributed by atoms with Gasteiger partial charge in [0.25, 0.3) is 0 Å². The average Bonchev–Trinajstić information content (AvgIpc) is 2.57. The molecule has 0 radical (unpaired) electrons. The van der Waals surface area contributed by atoms with E-state index in [1.807, 2.05) is 30.3 Å². The molecule has 22 heavy (non-hydrogen) atoms. The number of nitrogens with one attached hydrogen (secondary N) is 2. The standard InChI is InChI=1S/C17H21N5/c1-3-7-14(8-4-1)11-12-18-17-21-16(13-19-22-17)20-15-9-5-2-6-10-15/h2,5-7,9-10,13H,1,3-4,8,11-12H2,(H2,18,20,21,22). The van der Waals surface area contributed by atoms with E-state index in [0.717, 1.165) is 18.7 Å². The maximum Gasteiger partial charge on any atom is 0.244 e. The SMILES string of the molecule is C1=C(CCNc2nncc(Nc3ccccc3)n2)CCCC1. The second-order valence-electron chi connectivity index (χ2n) is 5.44. The molecule has 0 fully saturated rings. The zero-order valence-corrected chi connectivity index (χ0v) is 12.6. The molecule has 0 unspecified atom stereocenters. The molecule has 0 saturated carbocycles. The van der Waals surface area contributed by atoms with Crippen molar-refractivity contribution in [1.29, 1.82) is 0 Å². The number of allylic oxidation sites excluding steroid dienone is 1. The van der Waals surface area contributed by atoms with Gasteiger partial charge in [-0.2, -0.15) is 10.1 Å². The van der Waals surface area contributed by atoms with Crippen LogP contribution < -0.4 is 10.6 Å². The summed E-state index contributed by atoms with van der Waals surface area (Å²) in [4.78, 5) is 4.44. The number of aromatic nitrogens is 3. The summed E-state index contributed by atoms with van der Waals surface area (Å²) in [6.07, 6.45) is 10.2. The normalized spacial score (nSPS) is 14.3. The third-order valence-corrected chi connectivity index (χ3v) is 3.72. The van der Waals surface area contributed by atoms with Crippen LogP contribution in [0.1, 0.15) is 32.1 Å². The topological polar surface area (TPSA) is 62.7 Å². The first kappa shape index (κ1) is 14.5. The van der Waals surface area contributed by atoms with Crippen molar-refractivity contribution in [3.8, 4) is 0 Å². The van der Waals surface area contributed by atoms with Crippen molar-refractivity contribution in [3.63, 3.8) is 0 Å². The Morgan fingerprint density at radius 2 is 2.00 bits per heavy atom. The lowest BCUT2D eigenvalue weighted by atomic mass is 9.97. The number of rotatable bonds is 6. The van der Waals surface area contributed by atoms with E-state index in [1.54, 1.807) is 11.8 Å². The summed E-state index contributed by atoms with van der Waals surface area (Å²) < 4.78 is 0. The summed E-state index contributed by atoms with van der Waals surface area (Å²) >= 11 is 0. The van der Waals surface area contributed by atoms with E-state index in [1.165, 1.54) is 25.7 Å². The molecule has 0 saturated heterocycles. The highest BCUT2D eigenvalue weighted by molar-refractivity contribution is 5.55. The molecule has 0 bridgehead atoms. The minimum absolute atomic E-state index is 0.567. The van der Waals surface area contributed by atoms with Crippen LogP contribution in [0.15, 0.2) is 48.2 Å². The molecule has 5 nitrogen and oxygen atoms in total. The van der Waals surface area contributed by atoms with Crippen molar-refractivity contribution in [2.75, 3.05) is 17.2 Å². The molecule has 0 aliphatic heterocycles. The van der Waals surface area contributed by atoms with Gasteiger partial charge < -0.3 is 10.6 Å². The molecule has 5 heteroatoms. The molecule has 1 heterocycles. The van der Waals surface area contributed by atoms with Gasteiger partial charge in [0, 0.05) is 12.2 Å². The summed E-state index contributed by atoms with van der Waals surface area (Å²) in [5, 5.41) is 14.5. The molecule has 0 spiro atoms. The van der Waals surface area contributed by atoms with E-state index in [9.17, 15) is 0 Å². The van der Waals surface area contributed by atoms with Gasteiger partial charge in [0.05, 0.1) is 6.20 Å². The molecule has 3 rings (SSSR count). The van der Waals surface area contributed by atoms with Crippen molar-refractivity contribution < 1.29 is 0 Å². The van der Waals surface area contributed by atoms with E-state index in [2.05, 4.69) is 31.9 Å². The van der Waals surface area contributed by atoms with E-state index >= 15 is 0 Å². The maximum absolute atomic E-state index is 4.44. The van der Waals surface area contributed by atoms with E-state index in [-0.39, 0.29) is 0 Å². The highest BCUT2D eigenvalue weighted by Crippen LogP contribution is 2.20. The van der Waals surface area contributed by atoms with Crippen molar-refractivity contribution in [2.45, 2.75) is 32.1 Å². The van der Waals surface area contributed by atoms with Crippen LogP contribution in [0.2, 0.25) is 0 Å². The summed E-state index contributed by atoms with van der Waals surface area (Å²) in [6.45, 7) is 0.850. The molecule has 0 amide bonds. The van der Waals surface area contributed by atoms with Crippen LogP contribution in [-0.2, 0) is 0 Å². The van der Waals surface area contributed by atoms with Gasteiger partial charge in [-0.05, 0) is 44.2 Å². The smallest absolute Gasteiger partial charge is 0.244 e. The monoisotopic (exact) mass is 295 g/mol. The van der Waals surface area contributed by atoms with E-state index < -0.39 is 0 Å². The second-order valence-corrected chi connectivity index (χ2v) is 5.44. The van der Waals surface area contributed by atoms with Gasteiger partial charge in [-0.1, -0.05) is 29.8 Å². The third kappa shape index (κ3) is 4.28. The molecule has 2 aromatic rings. The van der Waals surface area contributed by atoms with Crippen molar-refractivity contribution in [1.82, 2.24) is 15.2 Å². The quantitative estimate of drug-likeness (QED) is 0.791. The minimum Gasteiger partial charge on any atom is -0.353 e. The van der Waals surface area contributed by atoms with Crippen LogP contribution in [0.5, 0.6) is 0 Å². The van der Waals surface area contributed by atoms with Crippen LogP contribution in [0.4, 0.5) is 17.5 Å². The molecule has 114 valence electrons. The van der Waals surface area contributed by atoms with Gasteiger partial charge >= 0.3 is 0 Å². The first-order chi connectivity index (χ1) is 10.9. The lowest BCUT2D eigenvalue weighted by Gasteiger charge is -2.13. The molecule has 1 aliphatic rings. The fourth-order valence-corrected chi connectivity index (χ4v) is 2.57. The van der Waals surface area contributed by atoms with Crippen molar-refractivity contribution >= 4 is 17.5 Å². The largest absolute Gasteiger partial charge is 0.353 e. The van der Waals surface area contributed by atoms with Crippen LogP contribution >= 0.6 is 0 Å². The third-order valence-electron chi connectivity index (χ3n) is 3.72. The molecule has 0 atom stereocenters. The number of hydrogen-bond donors (Lipinski definition) is 2. The average molecular weight is 295 g/mol. The molecular formula is C17H21N5. The first-order valence-electron chi connectivity index (χ1n) is 7.84. The Bertz CT molecular complexity index is 624. The van der Waals surface area contributed by atoms with Crippen LogP contribution in [0.3, 0.4) is 0 Å². The summed E-state index contributed by atoms with van der Waals surface area (Å²) in [5.74, 6) is 1.26. The van der Waals surface area contributed by atoms with Crippen LogP contribution in [0, 0.1) is 0 Å². The predicted molar refractivity (Wildman–Crippen MR) is 89.2 cm³/mol. The highest BCUT2D eigenvalue weighted by atomic mass is 15.3. The Labute approximate surface area is 130 Å². The lowest BCUT2D eigenvalue weighted by Crippen LogP contribution is -2.09. The summed E-state index contributed by atoms with van der Waals surface area (Å²) in [6, 6.07) is 9.92. The van der Waals surface area contributed by atoms with Gasteiger partial charge in [-0.25, -0.2) is 0 Å². The van der Waals surface area contributed by atoms with Crippen molar-refractivity contribution in [3.05, 3.63) is 48.2 Å². The predicted octanol–water partition coefficient (Wildman–Crippen LogP) is 3.92. The summed E-state index contributed by atoms with van der Waals surface area (Å²) in [7, 11) is 0. The van der Waals surface area contributed by atoms with Crippen molar-refractivity contribution in [2.24, 2.45) is 0 Å². The minimum atomic E-state index is 0.567. The number of para-hydroxylation sites is 1. The van der Waals surface area contributed by atoms with Gasteiger partial charge in [-0.3, -0.25) is 0 Å². The Hall–Kier alpha value is -2.43. The molecular weight excluding hydrogens is 274 g/mol. The Balaban J connectivity index is 1.53. The number of anilines is 3. The van der Waals surface area contributed by atoms with Crippen LogP contribution in [0.25, 0.3) is 0 Å². The molecule has 2 N–H and O–H groups in total. The number of nitrogens with zero attached hydrogens (tertiary/aromatic N) is 3. The van der Waals surface area contributed by atoms with Gasteiger partial charge in [0.15, 0.2) is 5.82 Å². The lowest BCUT2D eigenvalue weighted by molar-refractivity contribution is 0.679. The fourth-order valence-electron chi connectivity index (χ4n) is 2.57. The van der Waals surface area contributed by atoms with Gasteiger partial charge in [-0.15, -0.1) is 5.10 Å². The first-order valence-corrected chi connectivity index (χ1v) is 7.84. The highest BCUT2D eigenvalue weighted by Gasteiger charge is 2.04. The molecule has 1 aromatic heterocycles. The number of benzene rings is 1. The Morgan fingerprint density at radius 1 is 1.09 bits per heavy atom. The zero-order valence-electron chi connectivity index (χ0n) is 12.6. The van der Waals surface area contributed by atoms with Gasteiger partial charge in [0.2, 0.25) is 5.95 Å². The Kier molecular flexibility index (Phi) is 4.97. The Morgan fingerprint density at radius 3 is 2.82 bits per heavy atom. The zero-order chi connectivity index (χ0) is 15.0. The number of hydrogen-bond acceptors (Lipinski definition) is 5.